The first-order valence-corrected chi connectivity index (χ1v) is 12.8. The second-order valence-electron chi connectivity index (χ2n) is 10.2. The van der Waals surface area contributed by atoms with Crippen molar-refractivity contribution in [2.45, 2.75) is 45.2 Å². The lowest BCUT2D eigenvalue weighted by molar-refractivity contribution is -0.143. The van der Waals surface area contributed by atoms with Gasteiger partial charge in [-0.2, -0.15) is 39.5 Å². The van der Waals surface area contributed by atoms with Crippen LogP contribution in [-0.4, -0.2) is 47.0 Å². The molecule has 1 amide bonds. The summed E-state index contributed by atoms with van der Waals surface area (Å²) in [6.45, 7) is 5.80. The first kappa shape index (κ1) is 31.1. The Balaban J connectivity index is 1.61. The predicted octanol–water partition coefficient (Wildman–Crippen LogP) is 7.59. The van der Waals surface area contributed by atoms with Crippen LogP contribution in [0.25, 0.3) is 11.4 Å². The van der Waals surface area contributed by atoms with Crippen molar-refractivity contribution in [2.24, 2.45) is 0 Å². The smallest absolute Gasteiger partial charge is 0.353 e. The van der Waals surface area contributed by atoms with E-state index >= 15 is 0 Å². The standard InChI is InChI=1S/C28H25F9N4O/c1-15(2)22-16(3)38-23(17-4-6-19(7-5-17)26(29,30)31)39-24(22)40-8-10-41(11-9-40)25(42)18-12-20(27(32,33)34)14-21(13-18)28(35,36)37/h4-7,12-15H,8-11H2,1-3H3. The van der Waals surface area contributed by atoms with Gasteiger partial charge in [-0.15, -0.1) is 0 Å². The number of carbonyl (C=O) groups is 1. The fraction of sp³-hybridized carbons (Fsp3) is 0.393. The highest BCUT2D eigenvalue weighted by atomic mass is 19.4. The SMILES string of the molecule is Cc1nc(-c2ccc(C(F)(F)F)cc2)nc(N2CCN(C(=O)c3cc(C(F)(F)F)cc(C(F)(F)F)c3)CC2)c1C(C)C. The van der Waals surface area contributed by atoms with Gasteiger partial charge in [-0.1, -0.05) is 26.0 Å². The van der Waals surface area contributed by atoms with E-state index < -0.39 is 46.7 Å². The van der Waals surface area contributed by atoms with Crippen molar-refractivity contribution in [3.05, 3.63) is 76.0 Å². The zero-order valence-corrected chi connectivity index (χ0v) is 22.5. The number of amides is 1. The average Bonchev–Trinajstić information content (AvgIpc) is 2.90. The van der Waals surface area contributed by atoms with Crippen LogP contribution in [0.15, 0.2) is 42.5 Å². The first-order valence-electron chi connectivity index (χ1n) is 12.8. The molecule has 226 valence electrons. The summed E-state index contributed by atoms with van der Waals surface area (Å²) in [6.07, 6.45) is -14.7. The highest BCUT2D eigenvalue weighted by molar-refractivity contribution is 5.95. The van der Waals surface area contributed by atoms with Gasteiger partial charge in [0.1, 0.15) is 5.82 Å². The number of alkyl halides is 9. The number of anilines is 1. The van der Waals surface area contributed by atoms with Crippen LogP contribution in [0.1, 0.15) is 58.1 Å². The van der Waals surface area contributed by atoms with Gasteiger partial charge in [-0.05, 0) is 43.2 Å². The number of rotatable bonds is 4. The molecule has 0 atom stereocenters. The molecule has 0 spiro atoms. The second-order valence-corrected chi connectivity index (χ2v) is 10.2. The third kappa shape index (κ3) is 6.62. The van der Waals surface area contributed by atoms with Gasteiger partial charge < -0.3 is 9.80 Å². The topological polar surface area (TPSA) is 49.3 Å². The van der Waals surface area contributed by atoms with E-state index in [0.717, 1.165) is 17.7 Å². The largest absolute Gasteiger partial charge is 0.416 e. The fourth-order valence-electron chi connectivity index (χ4n) is 4.80. The van der Waals surface area contributed by atoms with Crippen molar-refractivity contribution in [1.82, 2.24) is 14.9 Å². The van der Waals surface area contributed by atoms with Crippen LogP contribution in [0.5, 0.6) is 0 Å². The number of aromatic nitrogens is 2. The number of carbonyl (C=O) groups excluding carboxylic acids is 1. The van der Waals surface area contributed by atoms with Gasteiger partial charge in [0.05, 0.1) is 16.7 Å². The Hall–Kier alpha value is -3.84. The molecule has 0 aliphatic carbocycles. The van der Waals surface area contributed by atoms with Crippen molar-refractivity contribution in [3.63, 3.8) is 0 Å². The highest BCUT2D eigenvalue weighted by Crippen LogP contribution is 2.37. The summed E-state index contributed by atoms with van der Waals surface area (Å²) in [6, 6.07) is 5.15. The predicted molar refractivity (Wildman–Crippen MR) is 136 cm³/mol. The number of nitrogens with zero attached hydrogens (tertiary/aromatic N) is 4. The molecule has 1 aliphatic heterocycles. The number of aryl methyl sites for hydroxylation is 1. The molecule has 4 rings (SSSR count). The van der Waals surface area contributed by atoms with Crippen LogP contribution in [0.2, 0.25) is 0 Å². The average molecular weight is 605 g/mol. The molecule has 0 saturated carbocycles. The Bertz CT molecular complexity index is 1420. The fourth-order valence-corrected chi connectivity index (χ4v) is 4.80. The molecule has 1 aromatic heterocycles. The Kier molecular flexibility index (Phi) is 8.22. The molecule has 2 aromatic carbocycles. The highest BCUT2D eigenvalue weighted by Gasteiger charge is 2.38. The lowest BCUT2D eigenvalue weighted by Gasteiger charge is -2.37. The summed E-state index contributed by atoms with van der Waals surface area (Å²) in [5.74, 6) is -0.368. The third-order valence-corrected chi connectivity index (χ3v) is 6.86. The summed E-state index contributed by atoms with van der Waals surface area (Å²) in [7, 11) is 0. The van der Waals surface area contributed by atoms with Gasteiger partial charge in [0.2, 0.25) is 0 Å². The lowest BCUT2D eigenvalue weighted by atomic mass is 10.0. The molecule has 2 heterocycles. The van der Waals surface area contributed by atoms with Gasteiger partial charge in [-0.3, -0.25) is 4.79 Å². The molecular formula is C28H25F9N4O. The van der Waals surface area contributed by atoms with Gasteiger partial charge in [-0.25, -0.2) is 9.97 Å². The van der Waals surface area contributed by atoms with Gasteiger partial charge in [0.15, 0.2) is 5.82 Å². The molecule has 1 saturated heterocycles. The molecule has 0 bridgehead atoms. The van der Waals surface area contributed by atoms with Crippen LogP contribution in [-0.2, 0) is 18.5 Å². The first-order chi connectivity index (χ1) is 19.4. The quantitative estimate of drug-likeness (QED) is 0.288. The molecule has 42 heavy (non-hydrogen) atoms. The maximum absolute atomic E-state index is 13.3. The molecular weight excluding hydrogens is 579 g/mol. The number of hydrogen-bond donors (Lipinski definition) is 0. The minimum atomic E-state index is -5.09. The van der Waals surface area contributed by atoms with Crippen LogP contribution < -0.4 is 4.90 Å². The number of piperazine rings is 1. The van der Waals surface area contributed by atoms with E-state index in [1.54, 1.807) is 6.92 Å². The van der Waals surface area contributed by atoms with E-state index in [-0.39, 0.29) is 44.0 Å². The van der Waals surface area contributed by atoms with E-state index in [0.29, 0.717) is 29.2 Å². The van der Waals surface area contributed by atoms with Crippen LogP contribution >= 0.6 is 0 Å². The number of hydrogen-bond acceptors (Lipinski definition) is 4. The minimum Gasteiger partial charge on any atom is -0.353 e. The van der Waals surface area contributed by atoms with Crippen molar-refractivity contribution in [3.8, 4) is 11.4 Å². The van der Waals surface area contributed by atoms with Crippen molar-refractivity contribution in [1.29, 1.82) is 0 Å². The second kappa shape index (κ2) is 11.1. The van der Waals surface area contributed by atoms with Gasteiger partial charge >= 0.3 is 18.5 Å². The van der Waals surface area contributed by atoms with E-state index in [9.17, 15) is 44.3 Å². The number of halogens is 9. The summed E-state index contributed by atoms with van der Waals surface area (Å²) >= 11 is 0. The van der Waals surface area contributed by atoms with E-state index in [2.05, 4.69) is 9.97 Å². The normalized spacial score (nSPS) is 15.0. The van der Waals surface area contributed by atoms with Crippen LogP contribution in [0.4, 0.5) is 45.3 Å². The molecule has 1 fully saturated rings. The van der Waals surface area contributed by atoms with E-state index in [4.69, 9.17) is 0 Å². The monoisotopic (exact) mass is 604 g/mol. The molecule has 14 heteroatoms. The summed E-state index contributed by atoms with van der Waals surface area (Å²) in [5.41, 5.74) is -3.00. The molecule has 0 N–H and O–H groups in total. The van der Waals surface area contributed by atoms with Crippen molar-refractivity contribution >= 4 is 11.7 Å². The van der Waals surface area contributed by atoms with Crippen molar-refractivity contribution < 1.29 is 44.3 Å². The van der Waals surface area contributed by atoms with Crippen molar-refractivity contribution in [2.75, 3.05) is 31.1 Å². The van der Waals surface area contributed by atoms with Gasteiger partial charge in [0, 0.05) is 48.6 Å². The van der Waals surface area contributed by atoms with Gasteiger partial charge in [0.25, 0.3) is 5.91 Å². The Labute approximate surface area is 235 Å². The zero-order chi connectivity index (χ0) is 31.2. The summed E-state index contributed by atoms with van der Waals surface area (Å²) in [4.78, 5) is 25.1. The summed E-state index contributed by atoms with van der Waals surface area (Å²) < 4.78 is 119. The van der Waals surface area contributed by atoms with E-state index in [1.165, 1.54) is 17.0 Å². The minimum absolute atomic E-state index is 0.0212. The summed E-state index contributed by atoms with van der Waals surface area (Å²) in [5, 5.41) is 0. The molecule has 5 nitrogen and oxygen atoms in total. The Morgan fingerprint density at radius 3 is 1.69 bits per heavy atom. The number of benzene rings is 2. The molecule has 1 aliphatic rings. The maximum Gasteiger partial charge on any atom is 0.416 e. The van der Waals surface area contributed by atoms with Crippen LogP contribution in [0.3, 0.4) is 0 Å². The molecule has 3 aromatic rings. The maximum atomic E-state index is 13.3. The molecule has 0 unspecified atom stereocenters. The zero-order valence-electron chi connectivity index (χ0n) is 22.5. The Morgan fingerprint density at radius 2 is 1.24 bits per heavy atom. The van der Waals surface area contributed by atoms with Crippen LogP contribution in [0, 0.1) is 6.92 Å². The third-order valence-electron chi connectivity index (χ3n) is 6.86. The van der Waals surface area contributed by atoms with E-state index in [1.807, 2.05) is 18.7 Å². The Morgan fingerprint density at radius 1 is 0.738 bits per heavy atom. The molecule has 0 radical (unpaired) electrons. The lowest BCUT2D eigenvalue weighted by Crippen LogP contribution is -2.49.